The Morgan fingerprint density at radius 1 is 1.12 bits per heavy atom. The molecule has 1 unspecified atom stereocenters. The van der Waals surface area contributed by atoms with Crippen molar-refractivity contribution in [1.29, 1.82) is 0 Å². The largest absolute Gasteiger partial charge is 0.346 e. The van der Waals surface area contributed by atoms with E-state index in [9.17, 15) is 4.79 Å². The number of nitrogens with one attached hydrogen (secondary N) is 2. The fourth-order valence-corrected chi connectivity index (χ4v) is 3.95. The van der Waals surface area contributed by atoms with Gasteiger partial charge in [0.1, 0.15) is 5.69 Å². The summed E-state index contributed by atoms with van der Waals surface area (Å²) in [6.07, 6.45) is 6.32. The van der Waals surface area contributed by atoms with Crippen LogP contribution >= 0.6 is 0 Å². The maximum absolute atomic E-state index is 12.6. The van der Waals surface area contributed by atoms with Crippen molar-refractivity contribution in [2.45, 2.75) is 44.2 Å². The third-order valence-electron chi connectivity index (χ3n) is 5.21. The average Bonchev–Trinajstić information content (AvgIpc) is 3.36. The van der Waals surface area contributed by atoms with Gasteiger partial charge in [0.05, 0.1) is 0 Å². The minimum atomic E-state index is -0.138. The van der Waals surface area contributed by atoms with E-state index in [1.807, 2.05) is 30.3 Å². The van der Waals surface area contributed by atoms with Crippen molar-refractivity contribution in [1.82, 2.24) is 25.6 Å². The summed E-state index contributed by atoms with van der Waals surface area (Å²) in [4.78, 5) is 15.2. The van der Waals surface area contributed by atoms with Crippen LogP contribution in [0.1, 0.15) is 42.6 Å². The number of carbonyl (C=O) groups is 1. The highest BCUT2D eigenvalue weighted by molar-refractivity contribution is 5.98. The molecule has 24 heavy (non-hydrogen) atoms. The first-order valence-electron chi connectivity index (χ1n) is 8.82. The Hall–Kier alpha value is -2.21. The Kier molecular flexibility index (Phi) is 4.30. The lowest BCUT2D eigenvalue weighted by Gasteiger charge is -2.23. The van der Waals surface area contributed by atoms with Crippen molar-refractivity contribution in [3.8, 4) is 11.3 Å². The average molecular weight is 325 g/mol. The molecule has 1 amide bonds. The predicted octanol–water partition coefficient (Wildman–Crippen LogP) is 2.22. The highest BCUT2D eigenvalue weighted by atomic mass is 16.2. The normalized spacial score (nSPS) is 22.1. The van der Waals surface area contributed by atoms with E-state index in [1.54, 1.807) is 0 Å². The summed E-state index contributed by atoms with van der Waals surface area (Å²) in [5.74, 6) is -0.138. The van der Waals surface area contributed by atoms with Gasteiger partial charge in [-0.2, -0.15) is 15.4 Å². The summed E-state index contributed by atoms with van der Waals surface area (Å²) >= 11 is 0. The third kappa shape index (κ3) is 3.06. The van der Waals surface area contributed by atoms with Gasteiger partial charge in [-0.25, -0.2) is 0 Å². The Bertz CT molecular complexity index is 692. The smallest absolute Gasteiger partial charge is 0.274 e. The number of amides is 1. The minimum absolute atomic E-state index is 0.138. The first kappa shape index (κ1) is 15.3. The van der Waals surface area contributed by atoms with Crippen LogP contribution in [0.4, 0.5) is 0 Å². The molecule has 4 rings (SSSR count). The van der Waals surface area contributed by atoms with Crippen molar-refractivity contribution in [3.63, 3.8) is 0 Å². The zero-order valence-corrected chi connectivity index (χ0v) is 13.7. The van der Waals surface area contributed by atoms with Gasteiger partial charge in [-0.05, 0) is 19.3 Å². The van der Waals surface area contributed by atoms with Crippen LogP contribution in [0.3, 0.4) is 0 Å². The van der Waals surface area contributed by atoms with E-state index >= 15 is 0 Å². The van der Waals surface area contributed by atoms with Crippen LogP contribution in [0.5, 0.6) is 0 Å². The number of hydrogen-bond acceptors (Lipinski definition) is 4. The summed E-state index contributed by atoms with van der Waals surface area (Å²) in [5.41, 5.74) is 1.88. The summed E-state index contributed by atoms with van der Waals surface area (Å²) < 4.78 is 0. The van der Waals surface area contributed by atoms with Gasteiger partial charge in [-0.3, -0.25) is 9.69 Å². The number of aromatic amines is 1. The number of hydrogen-bond donors (Lipinski definition) is 2. The van der Waals surface area contributed by atoms with Crippen LogP contribution in [0.25, 0.3) is 11.3 Å². The standard InChI is InChI=1S/C18H23N5O/c24-18(17-16(20-22-21-17)13-6-2-1-3-7-13)19-14-10-11-23(12-14)15-8-4-5-9-15/h1-3,6-7,14-15H,4-5,8-12H2,(H,19,24)(H,20,21,22). The van der Waals surface area contributed by atoms with Crippen molar-refractivity contribution >= 4 is 5.91 Å². The van der Waals surface area contributed by atoms with E-state index in [4.69, 9.17) is 0 Å². The summed E-state index contributed by atoms with van der Waals surface area (Å²) in [6.45, 7) is 2.04. The molecule has 2 heterocycles. The SMILES string of the molecule is O=C(NC1CCN(C2CCCC2)C1)c1n[nH]nc1-c1ccccc1. The van der Waals surface area contributed by atoms with Gasteiger partial charge in [0.25, 0.3) is 5.91 Å². The molecule has 1 aromatic heterocycles. The Morgan fingerprint density at radius 2 is 1.92 bits per heavy atom. The highest BCUT2D eigenvalue weighted by Gasteiger charge is 2.31. The fourth-order valence-electron chi connectivity index (χ4n) is 3.95. The van der Waals surface area contributed by atoms with Crippen molar-refractivity contribution < 1.29 is 4.79 Å². The lowest BCUT2D eigenvalue weighted by Crippen LogP contribution is -2.39. The molecule has 0 bridgehead atoms. The molecule has 1 aliphatic carbocycles. The third-order valence-corrected chi connectivity index (χ3v) is 5.21. The van der Waals surface area contributed by atoms with Crippen LogP contribution in [0.2, 0.25) is 0 Å². The summed E-state index contributed by atoms with van der Waals surface area (Å²) in [6, 6.07) is 10.6. The molecule has 2 fully saturated rings. The number of likely N-dealkylation sites (tertiary alicyclic amines) is 1. The van der Waals surface area contributed by atoms with E-state index in [2.05, 4.69) is 25.6 Å². The molecular weight excluding hydrogens is 302 g/mol. The van der Waals surface area contributed by atoms with E-state index in [1.165, 1.54) is 25.7 Å². The Balaban J connectivity index is 1.41. The highest BCUT2D eigenvalue weighted by Crippen LogP contribution is 2.26. The zero-order valence-electron chi connectivity index (χ0n) is 13.7. The van der Waals surface area contributed by atoms with Gasteiger partial charge in [0.2, 0.25) is 0 Å². The number of carbonyl (C=O) groups excluding carboxylic acids is 1. The number of benzene rings is 1. The number of aromatic nitrogens is 3. The van der Waals surface area contributed by atoms with E-state index in [0.717, 1.165) is 31.1 Å². The zero-order chi connectivity index (χ0) is 16.4. The van der Waals surface area contributed by atoms with Crippen LogP contribution < -0.4 is 5.32 Å². The summed E-state index contributed by atoms with van der Waals surface area (Å²) in [5, 5.41) is 13.9. The maximum atomic E-state index is 12.6. The van der Waals surface area contributed by atoms with E-state index in [0.29, 0.717) is 11.4 Å². The second-order valence-electron chi connectivity index (χ2n) is 6.78. The topological polar surface area (TPSA) is 73.9 Å². The van der Waals surface area contributed by atoms with Gasteiger partial charge in [0, 0.05) is 30.7 Å². The van der Waals surface area contributed by atoms with Crippen molar-refractivity contribution in [2.75, 3.05) is 13.1 Å². The molecule has 2 aliphatic rings. The second kappa shape index (κ2) is 6.73. The molecule has 1 saturated carbocycles. The predicted molar refractivity (Wildman–Crippen MR) is 91.5 cm³/mol. The molecule has 6 heteroatoms. The first-order valence-corrected chi connectivity index (χ1v) is 8.82. The first-order chi connectivity index (χ1) is 11.8. The van der Waals surface area contributed by atoms with Gasteiger partial charge < -0.3 is 5.32 Å². The van der Waals surface area contributed by atoms with Crippen molar-refractivity contribution in [2.24, 2.45) is 0 Å². The molecular formula is C18H23N5O. The molecule has 1 aliphatic heterocycles. The molecule has 0 spiro atoms. The Morgan fingerprint density at radius 3 is 2.71 bits per heavy atom. The number of nitrogens with zero attached hydrogens (tertiary/aromatic N) is 3. The van der Waals surface area contributed by atoms with Crippen molar-refractivity contribution in [3.05, 3.63) is 36.0 Å². The van der Waals surface area contributed by atoms with Crippen LogP contribution in [-0.4, -0.2) is 51.4 Å². The number of rotatable bonds is 4. The molecule has 126 valence electrons. The van der Waals surface area contributed by atoms with E-state index in [-0.39, 0.29) is 11.9 Å². The number of H-pyrrole nitrogens is 1. The molecule has 2 N–H and O–H groups in total. The molecule has 2 aromatic rings. The van der Waals surface area contributed by atoms with Crippen LogP contribution in [0, 0.1) is 0 Å². The molecule has 1 saturated heterocycles. The molecule has 0 radical (unpaired) electrons. The molecule has 6 nitrogen and oxygen atoms in total. The quantitative estimate of drug-likeness (QED) is 0.904. The molecule has 1 aromatic carbocycles. The lowest BCUT2D eigenvalue weighted by molar-refractivity contribution is 0.0932. The maximum Gasteiger partial charge on any atom is 0.274 e. The van der Waals surface area contributed by atoms with Gasteiger partial charge in [-0.1, -0.05) is 43.2 Å². The monoisotopic (exact) mass is 325 g/mol. The Labute approximate surface area is 141 Å². The molecule has 1 atom stereocenters. The van der Waals surface area contributed by atoms with E-state index < -0.39 is 0 Å². The fraction of sp³-hybridized carbons (Fsp3) is 0.500. The minimum Gasteiger partial charge on any atom is -0.346 e. The van der Waals surface area contributed by atoms with Crippen LogP contribution in [-0.2, 0) is 0 Å². The van der Waals surface area contributed by atoms with Crippen LogP contribution in [0.15, 0.2) is 30.3 Å². The van der Waals surface area contributed by atoms with Gasteiger partial charge >= 0.3 is 0 Å². The van der Waals surface area contributed by atoms with Gasteiger partial charge in [0.15, 0.2) is 5.69 Å². The second-order valence-corrected chi connectivity index (χ2v) is 6.78. The summed E-state index contributed by atoms with van der Waals surface area (Å²) in [7, 11) is 0. The lowest BCUT2D eigenvalue weighted by atomic mass is 10.1. The van der Waals surface area contributed by atoms with Gasteiger partial charge in [-0.15, -0.1) is 0 Å².